The molecule has 0 radical (unpaired) electrons. The largest absolute Gasteiger partial charge is 0.372 e. The molecule has 2 saturated heterocycles. The number of halogens is 1. The van der Waals surface area contributed by atoms with E-state index < -0.39 is 41.2 Å². The molecule has 3 atom stereocenters. The number of amides is 4. The van der Waals surface area contributed by atoms with Gasteiger partial charge in [0.25, 0.3) is 0 Å². The Labute approximate surface area is 188 Å². The quantitative estimate of drug-likeness (QED) is 0.595. The Morgan fingerprint density at radius 2 is 1.97 bits per heavy atom. The first-order valence-corrected chi connectivity index (χ1v) is 11.2. The molecule has 0 bridgehead atoms. The number of nitrogens with zero attached hydrogens (tertiary/aromatic N) is 2. The monoisotopic (exact) mass is 457 g/mol. The number of fused-ring (bicyclic) bond motifs is 5. The van der Waals surface area contributed by atoms with E-state index in [1.54, 1.807) is 17.9 Å². The molecule has 1 aromatic heterocycles. The fourth-order valence-corrected chi connectivity index (χ4v) is 5.64. The zero-order chi connectivity index (χ0) is 23.1. The molecular weight excluding hydrogens is 433 g/mol. The van der Waals surface area contributed by atoms with Crippen molar-refractivity contribution < 1.29 is 28.0 Å². The summed E-state index contributed by atoms with van der Waals surface area (Å²) in [7, 11) is 0. The summed E-state index contributed by atoms with van der Waals surface area (Å²) in [6.07, 6.45) is 1.36. The second kappa shape index (κ2) is 6.89. The molecule has 1 aromatic carbocycles. The third-order valence-electron chi connectivity index (χ3n) is 7.22. The lowest BCUT2D eigenvalue weighted by Crippen LogP contribution is -2.75. The second-order valence-electron chi connectivity index (χ2n) is 9.56. The van der Waals surface area contributed by atoms with Crippen molar-refractivity contribution in [2.24, 2.45) is 11.3 Å². The Morgan fingerprint density at radius 1 is 1.24 bits per heavy atom. The lowest BCUT2D eigenvalue weighted by atomic mass is 9.66. The van der Waals surface area contributed by atoms with Gasteiger partial charge in [-0.05, 0) is 44.2 Å². The van der Waals surface area contributed by atoms with Crippen LogP contribution in [0.3, 0.4) is 0 Å². The zero-order valence-corrected chi connectivity index (χ0v) is 18.2. The molecule has 1 aliphatic carbocycles. The number of rotatable bonds is 3. The Bertz CT molecular complexity index is 1190. The highest BCUT2D eigenvalue weighted by Gasteiger charge is 2.63. The number of morpholine rings is 1. The van der Waals surface area contributed by atoms with Crippen molar-refractivity contribution in [3.8, 4) is 0 Å². The van der Waals surface area contributed by atoms with E-state index in [1.165, 1.54) is 0 Å². The maximum atomic E-state index is 15.9. The first-order valence-electron chi connectivity index (χ1n) is 11.2. The number of benzene rings is 1. The van der Waals surface area contributed by atoms with E-state index in [4.69, 9.17) is 9.26 Å². The maximum absolute atomic E-state index is 15.9. The van der Waals surface area contributed by atoms with Crippen LogP contribution in [-0.2, 0) is 20.7 Å². The number of hydrogen-bond acceptors (Lipinski definition) is 8. The highest BCUT2D eigenvalue weighted by Crippen LogP contribution is 2.49. The van der Waals surface area contributed by atoms with Gasteiger partial charge in [0.1, 0.15) is 0 Å². The number of barbiturate groups is 1. The minimum absolute atomic E-state index is 0.0290. The summed E-state index contributed by atoms with van der Waals surface area (Å²) >= 11 is 0. The summed E-state index contributed by atoms with van der Waals surface area (Å²) in [5.74, 6) is -0.985. The van der Waals surface area contributed by atoms with Gasteiger partial charge in [0.05, 0.1) is 29.3 Å². The Hall–Kier alpha value is -3.21. The predicted octanol–water partition coefficient (Wildman–Crippen LogP) is 1.68. The Morgan fingerprint density at radius 3 is 2.67 bits per heavy atom. The third kappa shape index (κ3) is 2.87. The number of hydrogen-bond donors (Lipinski definition) is 3. The lowest BCUT2D eigenvalue weighted by Gasteiger charge is -2.55. The number of imide groups is 2. The van der Waals surface area contributed by atoms with Gasteiger partial charge in [-0.25, -0.2) is 9.18 Å². The standard InChI is InChI=1S/C22H24FN5O5/c1-9-8-28-15-12(5-13-16(14(15)23)33-27-18(13)24-7-11-3-4-11)6-22(17(28)10(2)32-9)19(29)25-21(31)26-20(22)30/h5,9-11,17H,3-4,6-8H2,1-2H3,(H,24,27)(H2,25,26,29,30,31)/t9-,10+,17-/m0/s1. The molecule has 2 aromatic rings. The molecule has 11 heteroatoms. The van der Waals surface area contributed by atoms with Crippen LogP contribution >= 0.6 is 0 Å². The van der Waals surface area contributed by atoms with Gasteiger partial charge < -0.3 is 19.5 Å². The van der Waals surface area contributed by atoms with Crippen molar-refractivity contribution in [2.75, 3.05) is 23.3 Å². The molecule has 3 fully saturated rings. The summed E-state index contributed by atoms with van der Waals surface area (Å²) in [6.45, 7) is 4.59. The van der Waals surface area contributed by atoms with Crippen LogP contribution in [0, 0.1) is 17.2 Å². The predicted molar refractivity (Wildman–Crippen MR) is 114 cm³/mol. The average Bonchev–Trinajstić information content (AvgIpc) is 3.48. The van der Waals surface area contributed by atoms with Crippen LogP contribution in [-0.4, -0.2) is 54.3 Å². The minimum Gasteiger partial charge on any atom is -0.372 e. The summed E-state index contributed by atoms with van der Waals surface area (Å²) in [6, 6.07) is 0.0637. The molecule has 4 amide bonds. The molecular formula is C22H24FN5O5. The SMILES string of the molecule is C[C@H]1CN2c3c(cc4c(NCC5CC5)noc4c3F)CC3(C(=O)NC(=O)NC3=O)[C@@H]2[C@@H](C)O1. The lowest BCUT2D eigenvalue weighted by molar-refractivity contribution is -0.153. The van der Waals surface area contributed by atoms with Crippen molar-refractivity contribution >= 4 is 40.3 Å². The van der Waals surface area contributed by atoms with E-state index in [0.717, 1.165) is 19.4 Å². The molecule has 6 rings (SSSR count). The van der Waals surface area contributed by atoms with Gasteiger partial charge in [-0.1, -0.05) is 5.16 Å². The fraction of sp³-hybridized carbons (Fsp3) is 0.545. The summed E-state index contributed by atoms with van der Waals surface area (Å²) in [5, 5.41) is 12.2. The number of carbonyl (C=O) groups is 3. The second-order valence-corrected chi connectivity index (χ2v) is 9.56. The van der Waals surface area contributed by atoms with E-state index >= 15 is 4.39 Å². The van der Waals surface area contributed by atoms with Gasteiger partial charge in [0, 0.05) is 19.5 Å². The van der Waals surface area contributed by atoms with E-state index in [-0.39, 0.29) is 30.3 Å². The van der Waals surface area contributed by atoms with Gasteiger partial charge >= 0.3 is 6.03 Å². The van der Waals surface area contributed by atoms with Gasteiger partial charge in [0.2, 0.25) is 17.4 Å². The number of ether oxygens (including phenoxy) is 1. The first kappa shape index (κ1) is 20.4. The Balaban J connectivity index is 1.53. The van der Waals surface area contributed by atoms with Crippen LogP contribution in [0.5, 0.6) is 0 Å². The Kier molecular flexibility index (Phi) is 4.26. The molecule has 4 heterocycles. The van der Waals surface area contributed by atoms with Crippen LogP contribution < -0.4 is 20.9 Å². The van der Waals surface area contributed by atoms with Crippen LogP contribution in [0.4, 0.5) is 20.7 Å². The number of urea groups is 1. The smallest absolute Gasteiger partial charge is 0.328 e. The summed E-state index contributed by atoms with van der Waals surface area (Å²) in [5.41, 5.74) is -0.863. The highest BCUT2D eigenvalue weighted by molar-refractivity contribution is 6.20. The molecule has 0 unspecified atom stereocenters. The van der Waals surface area contributed by atoms with Crippen molar-refractivity contribution in [3.05, 3.63) is 17.4 Å². The molecule has 4 aliphatic rings. The molecule has 33 heavy (non-hydrogen) atoms. The minimum atomic E-state index is -1.65. The topological polar surface area (TPSA) is 126 Å². The van der Waals surface area contributed by atoms with Crippen LogP contribution in [0.25, 0.3) is 11.0 Å². The molecule has 3 aliphatic heterocycles. The van der Waals surface area contributed by atoms with E-state index in [0.29, 0.717) is 22.7 Å². The van der Waals surface area contributed by atoms with E-state index in [1.807, 2.05) is 6.92 Å². The molecule has 3 N–H and O–H groups in total. The van der Waals surface area contributed by atoms with Gasteiger partial charge in [-0.15, -0.1) is 0 Å². The number of nitrogens with one attached hydrogen (secondary N) is 3. The normalized spacial score (nSPS) is 28.4. The third-order valence-corrected chi connectivity index (χ3v) is 7.22. The molecule has 1 saturated carbocycles. The summed E-state index contributed by atoms with van der Waals surface area (Å²) < 4.78 is 27.2. The molecule has 10 nitrogen and oxygen atoms in total. The van der Waals surface area contributed by atoms with Crippen molar-refractivity contribution in [3.63, 3.8) is 0 Å². The first-order chi connectivity index (χ1) is 15.8. The van der Waals surface area contributed by atoms with Crippen LogP contribution in [0.1, 0.15) is 32.3 Å². The fourth-order valence-electron chi connectivity index (χ4n) is 5.64. The summed E-state index contributed by atoms with van der Waals surface area (Å²) in [4.78, 5) is 40.0. The van der Waals surface area contributed by atoms with Crippen molar-refractivity contribution in [1.29, 1.82) is 0 Å². The van der Waals surface area contributed by atoms with Crippen LogP contribution in [0.2, 0.25) is 0 Å². The zero-order valence-electron chi connectivity index (χ0n) is 18.2. The van der Waals surface area contributed by atoms with E-state index in [9.17, 15) is 14.4 Å². The van der Waals surface area contributed by atoms with Crippen molar-refractivity contribution in [2.45, 2.75) is 51.4 Å². The highest BCUT2D eigenvalue weighted by atomic mass is 19.1. The van der Waals surface area contributed by atoms with Crippen molar-refractivity contribution in [1.82, 2.24) is 15.8 Å². The number of aromatic nitrogens is 1. The van der Waals surface area contributed by atoms with Gasteiger partial charge in [-0.3, -0.25) is 20.2 Å². The maximum Gasteiger partial charge on any atom is 0.328 e. The molecule has 1 spiro atoms. The van der Waals surface area contributed by atoms with E-state index in [2.05, 4.69) is 21.1 Å². The number of carbonyl (C=O) groups excluding carboxylic acids is 3. The average molecular weight is 457 g/mol. The number of anilines is 2. The van der Waals surface area contributed by atoms with Crippen LogP contribution in [0.15, 0.2) is 10.6 Å². The van der Waals surface area contributed by atoms with Gasteiger partial charge in [0.15, 0.2) is 17.1 Å². The molecule has 174 valence electrons. The van der Waals surface area contributed by atoms with Gasteiger partial charge in [-0.2, -0.15) is 0 Å².